The predicted molar refractivity (Wildman–Crippen MR) is 33.6 cm³/mol. The Morgan fingerprint density at radius 1 is 1.60 bits per heavy atom. The molecule has 10 heavy (non-hydrogen) atoms. The first kappa shape index (κ1) is 5.77. The number of oxazole rings is 1. The van der Waals surface area contributed by atoms with E-state index in [0.717, 1.165) is 31.0 Å². The fourth-order valence-electron chi connectivity index (χ4n) is 1.50. The van der Waals surface area contributed by atoms with Crippen molar-refractivity contribution in [2.45, 2.75) is 26.3 Å². The molecule has 2 heterocycles. The molecule has 0 fully saturated rings. The van der Waals surface area contributed by atoms with Crippen LogP contribution in [0.3, 0.4) is 0 Å². The zero-order valence-corrected chi connectivity index (χ0v) is 5.92. The van der Waals surface area contributed by atoms with Gasteiger partial charge in [-0.05, 0) is 0 Å². The summed E-state index contributed by atoms with van der Waals surface area (Å²) in [5.41, 5.74) is 0.956. The van der Waals surface area contributed by atoms with E-state index < -0.39 is 0 Å². The summed E-state index contributed by atoms with van der Waals surface area (Å²) < 4.78 is 7.03. The highest BCUT2D eigenvalue weighted by Gasteiger charge is 2.30. The molecule has 1 aromatic heterocycles. The topological polar surface area (TPSA) is 37.3 Å². The van der Waals surface area contributed by atoms with Gasteiger partial charge in [0.15, 0.2) is 6.54 Å². The standard InChI is InChI=1S/C7H9NO2/c1-5-8-4-2-3-6(8)7(9)10-5/h2-4H2,1H3/p+1. The van der Waals surface area contributed by atoms with E-state index in [0.29, 0.717) is 0 Å². The molecule has 0 saturated carbocycles. The molecule has 1 aromatic rings. The van der Waals surface area contributed by atoms with Crippen LogP contribution in [0.15, 0.2) is 4.42 Å². The van der Waals surface area contributed by atoms with Crippen LogP contribution >= 0.6 is 0 Å². The zero-order valence-electron chi connectivity index (χ0n) is 5.92. The Morgan fingerprint density at radius 2 is 2.40 bits per heavy atom. The van der Waals surface area contributed by atoms with E-state index >= 15 is 0 Å². The largest absolute Gasteiger partial charge is 0.476 e. The van der Waals surface area contributed by atoms with Crippen molar-refractivity contribution in [3.05, 3.63) is 11.6 Å². The van der Waals surface area contributed by atoms with Crippen molar-refractivity contribution in [2.75, 3.05) is 0 Å². The molecule has 3 heteroatoms. The average molecular weight is 140 g/mol. The number of aromatic hydroxyl groups is 1. The maximum absolute atomic E-state index is 9.16. The van der Waals surface area contributed by atoms with E-state index in [1.807, 2.05) is 11.5 Å². The number of hydrogen-bond donors (Lipinski definition) is 1. The summed E-state index contributed by atoms with van der Waals surface area (Å²) in [5, 5.41) is 9.16. The Balaban J connectivity index is 2.61. The van der Waals surface area contributed by atoms with E-state index in [2.05, 4.69) is 0 Å². The van der Waals surface area contributed by atoms with Crippen LogP contribution in [-0.2, 0) is 13.0 Å². The summed E-state index contributed by atoms with van der Waals surface area (Å²) in [6, 6.07) is 0. The van der Waals surface area contributed by atoms with Crippen molar-refractivity contribution in [1.82, 2.24) is 0 Å². The SMILES string of the molecule is Cc1oc(O)c2[n+]1CCC2. The number of aryl methyl sites for hydroxylation is 1. The van der Waals surface area contributed by atoms with Crippen molar-refractivity contribution < 1.29 is 14.1 Å². The first-order valence-electron chi connectivity index (χ1n) is 3.50. The molecule has 0 unspecified atom stereocenters. The Bertz CT molecular complexity index is 240. The lowest BCUT2D eigenvalue weighted by molar-refractivity contribution is -0.700. The minimum absolute atomic E-state index is 0.106. The van der Waals surface area contributed by atoms with Crippen LogP contribution in [0.2, 0.25) is 0 Å². The van der Waals surface area contributed by atoms with Crippen LogP contribution < -0.4 is 4.57 Å². The molecule has 0 radical (unpaired) electrons. The van der Waals surface area contributed by atoms with E-state index in [1.54, 1.807) is 0 Å². The second-order valence-electron chi connectivity index (χ2n) is 2.63. The van der Waals surface area contributed by atoms with Gasteiger partial charge in [0.25, 0.3) is 5.69 Å². The Kier molecular flexibility index (Phi) is 1.01. The van der Waals surface area contributed by atoms with Crippen LogP contribution in [0.5, 0.6) is 5.95 Å². The summed E-state index contributed by atoms with van der Waals surface area (Å²) in [4.78, 5) is 0. The molecule has 0 saturated heterocycles. The average Bonchev–Trinajstić information content (AvgIpc) is 2.39. The summed E-state index contributed by atoms with van der Waals surface area (Å²) in [7, 11) is 0. The van der Waals surface area contributed by atoms with Gasteiger partial charge in [-0.15, -0.1) is 0 Å². The maximum Gasteiger partial charge on any atom is 0.357 e. The molecule has 0 atom stereocenters. The first-order chi connectivity index (χ1) is 4.79. The third-order valence-corrected chi connectivity index (χ3v) is 1.99. The van der Waals surface area contributed by atoms with Crippen LogP contribution in [0.4, 0.5) is 0 Å². The highest BCUT2D eigenvalue weighted by molar-refractivity contribution is 5.09. The van der Waals surface area contributed by atoms with Crippen molar-refractivity contribution in [2.24, 2.45) is 0 Å². The third kappa shape index (κ3) is 0.574. The molecule has 54 valence electrons. The van der Waals surface area contributed by atoms with Crippen LogP contribution in [0, 0.1) is 6.92 Å². The molecule has 0 amide bonds. The lowest BCUT2D eigenvalue weighted by Gasteiger charge is -1.79. The lowest BCUT2D eigenvalue weighted by atomic mass is 10.3. The number of fused-ring (bicyclic) bond motifs is 1. The quantitative estimate of drug-likeness (QED) is 0.533. The van der Waals surface area contributed by atoms with Gasteiger partial charge in [-0.2, -0.15) is 4.57 Å². The lowest BCUT2D eigenvalue weighted by Crippen LogP contribution is -2.33. The van der Waals surface area contributed by atoms with Gasteiger partial charge >= 0.3 is 11.8 Å². The summed E-state index contributed by atoms with van der Waals surface area (Å²) in [5.74, 6) is 0.917. The molecule has 0 spiro atoms. The monoisotopic (exact) mass is 140 g/mol. The Morgan fingerprint density at radius 3 is 3.10 bits per heavy atom. The highest BCUT2D eigenvalue weighted by Crippen LogP contribution is 2.21. The predicted octanol–water partition coefficient (Wildman–Crippen LogP) is 0.527. The number of aromatic nitrogens is 1. The second kappa shape index (κ2) is 1.75. The molecule has 3 nitrogen and oxygen atoms in total. The molecular formula is C7H10NO2+. The number of rotatable bonds is 0. The minimum atomic E-state index is 0.106. The maximum atomic E-state index is 9.16. The first-order valence-corrected chi connectivity index (χ1v) is 3.50. The normalized spacial score (nSPS) is 15.7. The van der Waals surface area contributed by atoms with Gasteiger partial charge in [-0.25, -0.2) is 0 Å². The van der Waals surface area contributed by atoms with Crippen LogP contribution in [-0.4, -0.2) is 5.11 Å². The molecule has 2 rings (SSSR count). The van der Waals surface area contributed by atoms with Crippen LogP contribution in [0.1, 0.15) is 18.0 Å². The summed E-state index contributed by atoms with van der Waals surface area (Å²) in [6.07, 6.45) is 2.07. The van der Waals surface area contributed by atoms with Gasteiger partial charge < -0.3 is 9.52 Å². The fourth-order valence-corrected chi connectivity index (χ4v) is 1.50. The third-order valence-electron chi connectivity index (χ3n) is 1.99. The molecular weight excluding hydrogens is 130 g/mol. The summed E-state index contributed by atoms with van der Waals surface area (Å²) >= 11 is 0. The van der Waals surface area contributed by atoms with Gasteiger partial charge in [0.05, 0.1) is 6.92 Å². The summed E-state index contributed by atoms with van der Waals surface area (Å²) in [6.45, 7) is 2.86. The Labute approximate surface area is 58.9 Å². The second-order valence-corrected chi connectivity index (χ2v) is 2.63. The van der Waals surface area contributed by atoms with Gasteiger partial charge in [0, 0.05) is 12.8 Å². The van der Waals surface area contributed by atoms with Crippen molar-refractivity contribution >= 4 is 0 Å². The Hall–Kier alpha value is -0.990. The highest BCUT2D eigenvalue weighted by atomic mass is 16.5. The fraction of sp³-hybridized carbons (Fsp3) is 0.571. The molecule has 1 aliphatic heterocycles. The van der Waals surface area contributed by atoms with E-state index in [1.165, 1.54) is 0 Å². The van der Waals surface area contributed by atoms with Gasteiger partial charge in [0.1, 0.15) is 0 Å². The minimum Gasteiger partial charge on any atom is -0.476 e. The van der Waals surface area contributed by atoms with Crippen LogP contribution in [0.25, 0.3) is 0 Å². The number of hydrogen-bond acceptors (Lipinski definition) is 2. The van der Waals surface area contributed by atoms with Crippen molar-refractivity contribution in [3.63, 3.8) is 0 Å². The molecule has 0 aliphatic carbocycles. The molecule has 0 bridgehead atoms. The number of nitrogens with zero attached hydrogens (tertiary/aromatic N) is 1. The van der Waals surface area contributed by atoms with Crippen molar-refractivity contribution in [1.29, 1.82) is 0 Å². The molecule has 1 aliphatic rings. The van der Waals surface area contributed by atoms with Gasteiger partial charge in [0.2, 0.25) is 0 Å². The molecule has 1 N–H and O–H groups in total. The van der Waals surface area contributed by atoms with E-state index in [-0.39, 0.29) is 5.95 Å². The van der Waals surface area contributed by atoms with Gasteiger partial charge in [-0.3, -0.25) is 0 Å². The zero-order chi connectivity index (χ0) is 7.14. The van der Waals surface area contributed by atoms with Crippen molar-refractivity contribution in [3.8, 4) is 5.95 Å². The van der Waals surface area contributed by atoms with E-state index in [4.69, 9.17) is 9.52 Å². The smallest absolute Gasteiger partial charge is 0.357 e. The van der Waals surface area contributed by atoms with Gasteiger partial charge in [-0.1, -0.05) is 0 Å². The molecule has 0 aromatic carbocycles. The van der Waals surface area contributed by atoms with E-state index in [9.17, 15) is 0 Å².